The second-order valence-corrected chi connectivity index (χ2v) is 18.5. The fourth-order valence-corrected chi connectivity index (χ4v) is 12.3. The molecule has 0 bridgehead atoms. The lowest BCUT2D eigenvalue weighted by Gasteiger charge is -2.44. The Morgan fingerprint density at radius 2 is 1.62 bits per heavy atom. The van der Waals surface area contributed by atoms with E-state index in [2.05, 4.69) is 108 Å². The molecule has 10 heteroatoms. The van der Waals surface area contributed by atoms with E-state index in [9.17, 15) is 5.11 Å². The van der Waals surface area contributed by atoms with Crippen molar-refractivity contribution in [1.29, 1.82) is 0 Å². The van der Waals surface area contributed by atoms with E-state index in [-0.39, 0.29) is 36.0 Å². The maximum absolute atomic E-state index is 10.9. The number of nitrogens with zero attached hydrogens (tertiary/aromatic N) is 2. The lowest BCUT2D eigenvalue weighted by Crippen LogP contribution is -2.66. The Morgan fingerprint density at radius 3 is 2.21 bits per heavy atom. The van der Waals surface area contributed by atoms with Gasteiger partial charge in [-0.1, -0.05) is 86.1 Å². The topological polar surface area (TPSA) is 101 Å². The van der Waals surface area contributed by atoms with Gasteiger partial charge in [0.25, 0.3) is 6.23 Å². The van der Waals surface area contributed by atoms with Crippen LogP contribution in [0.1, 0.15) is 95.5 Å². The molecule has 0 saturated carbocycles. The molecule has 5 atom stereocenters. The standard InChI is InChI=1S/C37H48N4O5Si/c1-37(2,3)47(28-14-6-4-7-15-28,29-16-8-5-9-17-29)46-30-23-26(22-27(30)24-42)35-33-34(40-41(35)31-18-10-12-20-43-31)36(39-25-38-33)45-32-19-11-13-21-44-32/h4-9,14-17,23,25-27,31-32,36,42H,10-13,18-22,24H2,1-3H3,(H,38,39)/p+1/t26-,27-,31?,32?,36?/m1/s1. The van der Waals surface area contributed by atoms with Crippen molar-refractivity contribution in [2.24, 2.45) is 10.9 Å². The number of allylic oxidation sites excluding steroid dienone is 1. The van der Waals surface area contributed by atoms with Crippen molar-refractivity contribution in [3.8, 4) is 0 Å². The molecule has 7 rings (SSSR count). The lowest BCUT2D eigenvalue weighted by atomic mass is 9.98. The number of hydrogen-bond donors (Lipinski definition) is 3. The Hall–Kier alpha value is -3.28. The number of ether oxygens (including phenoxy) is 3. The van der Waals surface area contributed by atoms with Crippen molar-refractivity contribution in [2.45, 2.75) is 95.4 Å². The fourth-order valence-electron chi connectivity index (χ4n) is 7.79. The predicted molar refractivity (Wildman–Crippen MR) is 184 cm³/mol. The molecule has 3 aromatic rings. The molecular formula is C37H49N4O5Si+. The molecule has 0 radical (unpaired) electrons. The highest BCUT2D eigenvalue weighted by Gasteiger charge is 2.54. The number of aromatic nitrogens is 2. The molecule has 47 heavy (non-hydrogen) atoms. The second kappa shape index (κ2) is 13.7. The summed E-state index contributed by atoms with van der Waals surface area (Å²) in [6, 6.07) is 21.4. The number of nitrogens with one attached hydrogen (secondary N) is 2. The molecular weight excluding hydrogens is 609 g/mol. The van der Waals surface area contributed by atoms with Gasteiger partial charge in [0, 0.05) is 18.9 Å². The second-order valence-electron chi connectivity index (χ2n) is 14.2. The number of aliphatic imine (C=N–C) groups is 1. The van der Waals surface area contributed by atoms with E-state index in [1.807, 2.05) is 0 Å². The third-order valence-electron chi connectivity index (χ3n) is 10.1. The predicted octanol–water partition coefficient (Wildman–Crippen LogP) is 5.55. The number of rotatable bonds is 9. The highest BCUT2D eigenvalue weighted by Crippen LogP contribution is 2.46. The summed E-state index contributed by atoms with van der Waals surface area (Å²) in [7, 11) is -2.89. The lowest BCUT2D eigenvalue weighted by molar-refractivity contribution is -0.817. The number of H-pyrrole nitrogens is 1. The van der Waals surface area contributed by atoms with Crippen LogP contribution in [-0.4, -0.2) is 51.0 Å². The number of benzene rings is 2. The number of aliphatic hydroxyl groups excluding tert-OH is 1. The number of aromatic amines is 1. The molecule has 0 amide bonds. The average Bonchev–Trinajstić information content (AvgIpc) is 3.70. The normalized spacial score (nSPS) is 26.4. The van der Waals surface area contributed by atoms with Gasteiger partial charge in [-0.25, -0.2) is 4.99 Å². The maximum Gasteiger partial charge on any atom is 0.319 e. The summed E-state index contributed by atoms with van der Waals surface area (Å²) in [5.74, 6) is 0.690. The molecule has 9 nitrogen and oxygen atoms in total. The van der Waals surface area contributed by atoms with E-state index in [1.54, 1.807) is 6.34 Å². The van der Waals surface area contributed by atoms with Crippen molar-refractivity contribution in [1.82, 2.24) is 5.10 Å². The molecule has 2 fully saturated rings. The van der Waals surface area contributed by atoms with Crippen LogP contribution in [0.3, 0.4) is 0 Å². The number of aliphatic hydroxyl groups is 1. The smallest absolute Gasteiger partial charge is 0.319 e. The largest absolute Gasteiger partial charge is 0.537 e. The van der Waals surface area contributed by atoms with Crippen LogP contribution in [0, 0.1) is 5.92 Å². The molecule has 3 unspecified atom stereocenters. The third-order valence-corrected chi connectivity index (χ3v) is 15.1. The monoisotopic (exact) mass is 657 g/mol. The number of fused-ring (bicyclic) bond motifs is 1. The van der Waals surface area contributed by atoms with Crippen LogP contribution >= 0.6 is 0 Å². The van der Waals surface area contributed by atoms with E-state index >= 15 is 0 Å². The first-order valence-corrected chi connectivity index (χ1v) is 19.3. The average molecular weight is 658 g/mol. The first-order chi connectivity index (χ1) is 22.9. The van der Waals surface area contributed by atoms with Gasteiger partial charge in [-0.2, -0.15) is 5.10 Å². The van der Waals surface area contributed by atoms with E-state index in [1.165, 1.54) is 10.4 Å². The van der Waals surface area contributed by atoms with Crippen LogP contribution in [0.2, 0.25) is 5.04 Å². The van der Waals surface area contributed by atoms with Crippen molar-refractivity contribution >= 4 is 30.7 Å². The van der Waals surface area contributed by atoms with Gasteiger partial charge in [-0.3, -0.25) is 0 Å². The first-order valence-electron chi connectivity index (χ1n) is 17.4. The molecule has 4 heterocycles. The van der Waals surface area contributed by atoms with Gasteiger partial charge < -0.3 is 29.1 Å². The van der Waals surface area contributed by atoms with E-state index < -0.39 is 14.5 Å². The molecule has 250 valence electrons. The van der Waals surface area contributed by atoms with Gasteiger partial charge in [0.05, 0.1) is 31.2 Å². The van der Waals surface area contributed by atoms with Gasteiger partial charge in [0.1, 0.15) is 5.69 Å². The van der Waals surface area contributed by atoms with E-state index in [0.29, 0.717) is 6.61 Å². The Kier molecular flexibility index (Phi) is 9.39. The molecule has 3 N–H and O–H groups in total. The Morgan fingerprint density at radius 1 is 0.936 bits per heavy atom. The summed E-state index contributed by atoms with van der Waals surface area (Å²) < 4.78 is 28.4. The summed E-state index contributed by atoms with van der Waals surface area (Å²) in [5, 5.41) is 20.2. The summed E-state index contributed by atoms with van der Waals surface area (Å²) in [6.07, 6.45) is 9.89. The third kappa shape index (κ3) is 6.22. The Balaban J connectivity index is 1.31. The summed E-state index contributed by atoms with van der Waals surface area (Å²) >= 11 is 0. The highest BCUT2D eigenvalue weighted by molar-refractivity contribution is 6.99. The fraction of sp³-hybridized carbons (Fsp3) is 0.514. The van der Waals surface area contributed by atoms with Gasteiger partial charge in [0.2, 0.25) is 11.9 Å². The SMILES string of the molecule is CC(C)(C)[Si](OC1=C[C@H](c2c3c([nH][n+]2C2CCCCO2)C(OC2CCCCO2)N=CN3)C[C@@H]1CO)(c1ccccc1)c1ccccc1. The Labute approximate surface area is 279 Å². The molecule has 2 aromatic carbocycles. The van der Waals surface area contributed by atoms with Crippen LogP contribution in [0.25, 0.3) is 0 Å². The molecule has 2 saturated heterocycles. The minimum absolute atomic E-state index is 0.00667. The zero-order valence-electron chi connectivity index (χ0n) is 27.9. The quantitative estimate of drug-likeness (QED) is 0.206. The van der Waals surface area contributed by atoms with Crippen LogP contribution in [0.15, 0.2) is 77.5 Å². The maximum atomic E-state index is 10.9. The molecule has 4 aliphatic rings. The number of hydrogen-bond acceptors (Lipinski definition) is 7. The van der Waals surface area contributed by atoms with Gasteiger partial charge in [0.15, 0.2) is 12.0 Å². The van der Waals surface area contributed by atoms with Crippen LogP contribution in [-0.2, 0) is 18.6 Å². The van der Waals surface area contributed by atoms with Crippen molar-refractivity contribution < 1.29 is 28.4 Å². The van der Waals surface area contributed by atoms with E-state index in [4.69, 9.17) is 18.6 Å². The van der Waals surface area contributed by atoms with Crippen molar-refractivity contribution in [2.75, 3.05) is 25.1 Å². The minimum Gasteiger partial charge on any atom is -0.537 e. The van der Waals surface area contributed by atoms with E-state index in [0.717, 1.165) is 74.4 Å². The highest BCUT2D eigenvalue weighted by atomic mass is 28.4. The van der Waals surface area contributed by atoms with Crippen LogP contribution < -0.4 is 20.4 Å². The summed E-state index contributed by atoms with van der Waals surface area (Å²) in [5.41, 5.74) is 2.91. The zero-order chi connectivity index (χ0) is 32.4. The Bertz CT molecular complexity index is 1520. The molecule has 1 aromatic heterocycles. The van der Waals surface area contributed by atoms with Crippen molar-refractivity contribution in [3.63, 3.8) is 0 Å². The van der Waals surface area contributed by atoms with Crippen molar-refractivity contribution in [3.05, 3.63) is 83.9 Å². The summed E-state index contributed by atoms with van der Waals surface area (Å²) in [4.78, 5) is 4.68. The molecule has 1 aliphatic carbocycles. The summed E-state index contributed by atoms with van der Waals surface area (Å²) in [6.45, 7) is 8.31. The minimum atomic E-state index is -2.89. The van der Waals surface area contributed by atoms with Crippen LogP contribution in [0.4, 0.5) is 5.69 Å². The van der Waals surface area contributed by atoms with Gasteiger partial charge in [-0.05, 0) is 60.0 Å². The first kappa shape index (κ1) is 32.3. The van der Waals surface area contributed by atoms with Gasteiger partial charge >= 0.3 is 8.32 Å². The van der Waals surface area contributed by atoms with Crippen LogP contribution in [0.5, 0.6) is 0 Å². The molecule has 3 aliphatic heterocycles. The van der Waals surface area contributed by atoms with Gasteiger partial charge in [-0.15, -0.1) is 0 Å². The zero-order valence-corrected chi connectivity index (χ0v) is 28.9. The number of anilines is 1. The molecule has 0 spiro atoms.